The van der Waals surface area contributed by atoms with Gasteiger partial charge in [-0.1, -0.05) is 60.8 Å². The van der Waals surface area contributed by atoms with Gasteiger partial charge in [-0.3, -0.25) is 0 Å². The second-order valence-electron chi connectivity index (χ2n) is 6.08. The van der Waals surface area contributed by atoms with Gasteiger partial charge in [0.15, 0.2) is 0 Å². The largest absolute Gasteiger partial charge is 0.0651 e. The van der Waals surface area contributed by atoms with Crippen LogP contribution >= 0.6 is 0 Å². The Hall–Kier alpha value is 0. The smallest absolute Gasteiger partial charge is 0.0357 e. The molecule has 0 aliphatic rings. The van der Waals surface area contributed by atoms with Gasteiger partial charge in [0, 0.05) is 0 Å². The molecule has 0 radical (unpaired) electrons. The van der Waals surface area contributed by atoms with E-state index in [0.29, 0.717) is 5.41 Å². The molecule has 0 saturated heterocycles. The molecule has 0 saturated carbocycles. The van der Waals surface area contributed by atoms with E-state index in [1.54, 1.807) is 0 Å². The van der Waals surface area contributed by atoms with Crippen molar-refractivity contribution in [3.05, 3.63) is 0 Å². The van der Waals surface area contributed by atoms with Crippen molar-refractivity contribution >= 4 is 0 Å². The van der Waals surface area contributed by atoms with Crippen LogP contribution in [-0.2, 0) is 0 Å². The highest BCUT2D eigenvalue weighted by atomic mass is 14.2. The van der Waals surface area contributed by atoms with E-state index >= 15 is 0 Å². The van der Waals surface area contributed by atoms with Gasteiger partial charge >= 0.3 is 0 Å². The average Bonchev–Trinajstić information content (AvgIpc) is 2.23. The minimum absolute atomic E-state index is 0.558. The SMILES string of the molecule is CCC(C)CC(CC)CCC(C)(C)CC. The second kappa shape index (κ2) is 7.30. The van der Waals surface area contributed by atoms with E-state index in [9.17, 15) is 0 Å². The van der Waals surface area contributed by atoms with Crippen LogP contribution in [0.1, 0.15) is 80.1 Å². The lowest BCUT2D eigenvalue weighted by Gasteiger charge is -2.26. The molecule has 0 nitrogen and oxygen atoms in total. The number of hydrogen-bond donors (Lipinski definition) is 0. The van der Waals surface area contributed by atoms with E-state index in [1.165, 1.54) is 38.5 Å². The van der Waals surface area contributed by atoms with Crippen LogP contribution in [0.3, 0.4) is 0 Å². The van der Waals surface area contributed by atoms with E-state index in [4.69, 9.17) is 0 Å². The molecule has 2 atom stereocenters. The second-order valence-corrected chi connectivity index (χ2v) is 6.08. The maximum Gasteiger partial charge on any atom is -0.0357 e. The molecule has 0 heteroatoms. The lowest BCUT2D eigenvalue weighted by Crippen LogP contribution is -2.13. The first-order chi connectivity index (χ1) is 6.95. The van der Waals surface area contributed by atoms with Crippen molar-refractivity contribution in [1.29, 1.82) is 0 Å². The van der Waals surface area contributed by atoms with Gasteiger partial charge in [0.1, 0.15) is 0 Å². The molecule has 0 aromatic rings. The molecule has 0 aliphatic heterocycles. The first-order valence-electron chi connectivity index (χ1n) is 6.95. The fraction of sp³-hybridized carbons (Fsp3) is 1.00. The molecule has 0 heterocycles. The maximum atomic E-state index is 2.41. The lowest BCUT2D eigenvalue weighted by molar-refractivity contribution is 0.258. The third-order valence-electron chi connectivity index (χ3n) is 4.20. The summed E-state index contributed by atoms with van der Waals surface area (Å²) in [7, 11) is 0. The Bertz CT molecular complexity index is 146. The molecule has 2 unspecified atom stereocenters. The lowest BCUT2D eigenvalue weighted by atomic mass is 9.80. The van der Waals surface area contributed by atoms with Gasteiger partial charge in [-0.25, -0.2) is 0 Å². The third kappa shape index (κ3) is 6.98. The predicted octanol–water partition coefficient (Wildman–Crippen LogP) is 5.67. The summed E-state index contributed by atoms with van der Waals surface area (Å²) in [6.07, 6.45) is 8.29. The van der Waals surface area contributed by atoms with Crippen molar-refractivity contribution in [3.63, 3.8) is 0 Å². The quantitative estimate of drug-likeness (QED) is 0.486. The van der Waals surface area contributed by atoms with Gasteiger partial charge < -0.3 is 0 Å². The highest BCUT2D eigenvalue weighted by molar-refractivity contribution is 4.70. The highest BCUT2D eigenvalue weighted by Crippen LogP contribution is 2.31. The fourth-order valence-electron chi connectivity index (χ4n) is 2.00. The third-order valence-corrected chi connectivity index (χ3v) is 4.20. The van der Waals surface area contributed by atoms with Crippen molar-refractivity contribution in [1.82, 2.24) is 0 Å². The van der Waals surface area contributed by atoms with Crippen molar-refractivity contribution in [2.75, 3.05) is 0 Å². The van der Waals surface area contributed by atoms with Crippen LogP contribution in [0.15, 0.2) is 0 Å². The Kier molecular flexibility index (Phi) is 7.30. The van der Waals surface area contributed by atoms with Crippen LogP contribution in [0, 0.1) is 17.3 Å². The molecular weight excluding hydrogens is 180 g/mol. The first kappa shape index (κ1) is 15.0. The minimum Gasteiger partial charge on any atom is -0.0651 e. The Labute approximate surface area is 97.8 Å². The Morgan fingerprint density at radius 1 is 1.00 bits per heavy atom. The van der Waals surface area contributed by atoms with E-state index in [0.717, 1.165) is 11.8 Å². The molecule has 0 spiro atoms. The van der Waals surface area contributed by atoms with Crippen LogP contribution in [0.4, 0.5) is 0 Å². The Morgan fingerprint density at radius 3 is 2.00 bits per heavy atom. The van der Waals surface area contributed by atoms with E-state index < -0.39 is 0 Å². The number of rotatable bonds is 8. The Balaban J connectivity index is 3.89. The summed E-state index contributed by atoms with van der Waals surface area (Å²) in [4.78, 5) is 0. The molecule has 0 aromatic carbocycles. The molecule has 15 heavy (non-hydrogen) atoms. The normalized spacial score (nSPS) is 16.4. The maximum absolute atomic E-state index is 2.41. The number of hydrogen-bond acceptors (Lipinski definition) is 0. The van der Waals surface area contributed by atoms with Gasteiger partial charge in [-0.05, 0) is 36.5 Å². The van der Waals surface area contributed by atoms with Gasteiger partial charge in [0.05, 0.1) is 0 Å². The summed E-state index contributed by atoms with van der Waals surface area (Å²) in [5.74, 6) is 1.88. The highest BCUT2D eigenvalue weighted by Gasteiger charge is 2.18. The Morgan fingerprint density at radius 2 is 1.60 bits per heavy atom. The molecule has 92 valence electrons. The summed E-state index contributed by atoms with van der Waals surface area (Å²) in [6.45, 7) is 14.2. The van der Waals surface area contributed by atoms with Crippen molar-refractivity contribution in [3.8, 4) is 0 Å². The molecular formula is C15H32. The summed E-state index contributed by atoms with van der Waals surface area (Å²) < 4.78 is 0. The monoisotopic (exact) mass is 212 g/mol. The van der Waals surface area contributed by atoms with Crippen LogP contribution in [0.2, 0.25) is 0 Å². The van der Waals surface area contributed by atoms with Crippen LogP contribution in [-0.4, -0.2) is 0 Å². The van der Waals surface area contributed by atoms with E-state index in [1.807, 2.05) is 0 Å². The fourth-order valence-corrected chi connectivity index (χ4v) is 2.00. The molecule has 0 amide bonds. The topological polar surface area (TPSA) is 0 Å². The average molecular weight is 212 g/mol. The van der Waals surface area contributed by atoms with E-state index in [-0.39, 0.29) is 0 Å². The van der Waals surface area contributed by atoms with Crippen LogP contribution < -0.4 is 0 Å². The van der Waals surface area contributed by atoms with Crippen LogP contribution in [0.5, 0.6) is 0 Å². The summed E-state index contributed by atoms with van der Waals surface area (Å²) in [5, 5.41) is 0. The van der Waals surface area contributed by atoms with Crippen molar-refractivity contribution < 1.29 is 0 Å². The van der Waals surface area contributed by atoms with E-state index in [2.05, 4.69) is 41.5 Å². The first-order valence-corrected chi connectivity index (χ1v) is 6.95. The van der Waals surface area contributed by atoms with Gasteiger partial charge in [-0.15, -0.1) is 0 Å². The zero-order valence-electron chi connectivity index (χ0n) is 11.9. The molecule has 0 aromatic heterocycles. The van der Waals surface area contributed by atoms with Gasteiger partial charge in [0.25, 0.3) is 0 Å². The van der Waals surface area contributed by atoms with Crippen LogP contribution in [0.25, 0.3) is 0 Å². The zero-order valence-corrected chi connectivity index (χ0v) is 11.9. The molecule has 0 aliphatic carbocycles. The summed E-state index contributed by atoms with van der Waals surface area (Å²) >= 11 is 0. The predicted molar refractivity (Wildman–Crippen MR) is 71.2 cm³/mol. The van der Waals surface area contributed by atoms with Gasteiger partial charge in [-0.2, -0.15) is 0 Å². The molecule has 0 N–H and O–H groups in total. The molecule has 0 fully saturated rings. The summed E-state index contributed by atoms with van der Waals surface area (Å²) in [6, 6.07) is 0. The molecule has 0 rings (SSSR count). The molecule has 0 bridgehead atoms. The van der Waals surface area contributed by atoms with Crippen molar-refractivity contribution in [2.45, 2.75) is 80.1 Å². The van der Waals surface area contributed by atoms with Gasteiger partial charge in [0.2, 0.25) is 0 Å². The minimum atomic E-state index is 0.558. The standard InChI is InChI=1S/C15H32/c1-7-13(4)12-14(8-2)10-11-15(5,6)9-3/h13-14H,7-12H2,1-6H3. The summed E-state index contributed by atoms with van der Waals surface area (Å²) in [5.41, 5.74) is 0.558. The van der Waals surface area contributed by atoms with Crippen molar-refractivity contribution in [2.24, 2.45) is 17.3 Å². The zero-order chi connectivity index (χ0) is 11.9.